The van der Waals surface area contributed by atoms with Crippen LogP contribution in [-0.4, -0.2) is 18.9 Å². The Labute approximate surface area is 161 Å². The van der Waals surface area contributed by atoms with E-state index in [1.165, 1.54) is 7.11 Å². The average Bonchev–Trinajstić information content (AvgIpc) is 2.54. The van der Waals surface area contributed by atoms with E-state index in [0.717, 1.165) is 0 Å². The predicted molar refractivity (Wildman–Crippen MR) is 98.6 cm³/mol. The van der Waals surface area contributed by atoms with Crippen LogP contribution in [0, 0.1) is 5.41 Å². The monoisotopic (exact) mass is 395 g/mol. The summed E-state index contributed by atoms with van der Waals surface area (Å²) in [7, 11) is 1.24. The molecule has 0 saturated carbocycles. The lowest BCUT2D eigenvalue weighted by molar-refractivity contribution is -0.136. The van der Waals surface area contributed by atoms with Crippen LogP contribution in [0.4, 0.5) is 0 Å². The first-order valence-corrected chi connectivity index (χ1v) is 8.88. The minimum Gasteiger partial charge on any atom is -0.465 e. The maximum absolute atomic E-state index is 13.0. The summed E-state index contributed by atoms with van der Waals surface area (Å²) in [5, 5.41) is 0.587. The summed E-state index contributed by atoms with van der Waals surface area (Å²) in [6.45, 7) is 3.96. The van der Waals surface area contributed by atoms with Crippen molar-refractivity contribution in [2.45, 2.75) is 32.6 Å². The zero-order valence-electron chi connectivity index (χ0n) is 14.7. The Kier molecular flexibility index (Phi) is 4.80. The molecule has 0 aromatic heterocycles. The molecule has 1 aliphatic heterocycles. The maximum atomic E-state index is 13.0. The molecule has 0 bridgehead atoms. The van der Waals surface area contributed by atoms with Gasteiger partial charge in [-0.15, -0.1) is 0 Å². The van der Waals surface area contributed by atoms with Crippen LogP contribution < -0.4 is 5.73 Å². The van der Waals surface area contributed by atoms with Crippen LogP contribution in [0.1, 0.15) is 38.2 Å². The van der Waals surface area contributed by atoms with Crippen molar-refractivity contribution in [3.05, 3.63) is 56.6 Å². The fourth-order valence-electron chi connectivity index (χ4n) is 3.55. The van der Waals surface area contributed by atoms with Gasteiger partial charge in [-0.2, -0.15) is 0 Å². The van der Waals surface area contributed by atoms with Gasteiger partial charge in [-0.25, -0.2) is 4.79 Å². The number of allylic oxidation sites excluding steroid dienone is 2. The topological polar surface area (TPSA) is 78.6 Å². The van der Waals surface area contributed by atoms with E-state index in [4.69, 9.17) is 38.4 Å². The van der Waals surface area contributed by atoms with Crippen LogP contribution in [0.5, 0.6) is 0 Å². The van der Waals surface area contributed by atoms with Gasteiger partial charge in [0.25, 0.3) is 0 Å². The number of halogens is 2. The smallest absolute Gasteiger partial charge is 0.340 e. The fraction of sp³-hybridized carbons (Fsp3) is 0.368. The first-order chi connectivity index (χ1) is 12.2. The largest absolute Gasteiger partial charge is 0.465 e. The van der Waals surface area contributed by atoms with E-state index >= 15 is 0 Å². The summed E-state index contributed by atoms with van der Waals surface area (Å²) in [6.07, 6.45) is 0.857. The number of carbonyl (C=O) groups is 2. The molecule has 1 unspecified atom stereocenters. The van der Waals surface area contributed by atoms with Crippen molar-refractivity contribution >= 4 is 35.0 Å². The Morgan fingerprint density at radius 3 is 2.65 bits per heavy atom. The Hall–Kier alpha value is -1.98. The summed E-state index contributed by atoms with van der Waals surface area (Å²) < 4.78 is 10.6. The number of nitrogens with two attached hydrogens (primary N) is 1. The third kappa shape index (κ3) is 3.10. The van der Waals surface area contributed by atoms with Crippen molar-refractivity contribution in [3.63, 3.8) is 0 Å². The van der Waals surface area contributed by atoms with Crippen LogP contribution >= 0.6 is 23.2 Å². The highest BCUT2D eigenvalue weighted by atomic mass is 35.5. The molecule has 3 rings (SSSR count). The third-order valence-electron chi connectivity index (χ3n) is 4.65. The van der Waals surface area contributed by atoms with E-state index in [0.29, 0.717) is 34.8 Å². The molecule has 0 spiro atoms. The minimum atomic E-state index is -0.777. The zero-order chi connectivity index (χ0) is 19.2. The van der Waals surface area contributed by atoms with Gasteiger partial charge in [-0.1, -0.05) is 49.2 Å². The molecule has 26 heavy (non-hydrogen) atoms. The van der Waals surface area contributed by atoms with E-state index in [1.54, 1.807) is 18.2 Å². The van der Waals surface area contributed by atoms with E-state index in [-0.39, 0.29) is 27.7 Å². The summed E-state index contributed by atoms with van der Waals surface area (Å²) in [4.78, 5) is 25.4. The second-order valence-electron chi connectivity index (χ2n) is 7.23. The first kappa shape index (κ1) is 18.8. The number of rotatable bonds is 2. The van der Waals surface area contributed by atoms with Crippen LogP contribution in [-0.2, 0) is 19.1 Å². The van der Waals surface area contributed by atoms with Gasteiger partial charge in [0, 0.05) is 18.4 Å². The molecule has 138 valence electrons. The first-order valence-electron chi connectivity index (χ1n) is 8.12. The number of carbonyl (C=O) groups excluding carboxylic acids is 2. The van der Waals surface area contributed by atoms with Gasteiger partial charge < -0.3 is 15.2 Å². The minimum absolute atomic E-state index is 0.0588. The molecule has 0 amide bonds. The highest BCUT2D eigenvalue weighted by Crippen LogP contribution is 2.50. The average molecular weight is 396 g/mol. The number of hydrogen-bond acceptors (Lipinski definition) is 5. The quantitative estimate of drug-likeness (QED) is 0.762. The SMILES string of the molecule is COC(=O)C1=C(N)OC2=C(C(=O)CC(C)(C)C2)C1c1cccc(Cl)c1Cl. The molecule has 7 heteroatoms. The Balaban J connectivity index is 2.26. The van der Waals surface area contributed by atoms with E-state index < -0.39 is 11.9 Å². The highest BCUT2D eigenvalue weighted by Gasteiger charge is 2.45. The van der Waals surface area contributed by atoms with E-state index in [2.05, 4.69) is 0 Å². The molecule has 1 aromatic carbocycles. The summed E-state index contributed by atoms with van der Waals surface area (Å²) >= 11 is 12.6. The normalized spacial score (nSPS) is 22.0. The molecule has 0 saturated heterocycles. The molecule has 1 atom stereocenters. The number of methoxy groups -OCH3 is 1. The van der Waals surface area contributed by atoms with Gasteiger partial charge >= 0.3 is 5.97 Å². The van der Waals surface area contributed by atoms with Crippen LogP contribution in [0.2, 0.25) is 10.0 Å². The lowest BCUT2D eigenvalue weighted by atomic mass is 9.70. The lowest BCUT2D eigenvalue weighted by Gasteiger charge is -2.38. The van der Waals surface area contributed by atoms with Gasteiger partial charge in [0.05, 0.1) is 23.1 Å². The Bertz CT molecular complexity index is 870. The molecule has 2 aliphatic rings. The predicted octanol–water partition coefficient (Wildman–Crippen LogP) is 4.09. The van der Waals surface area contributed by atoms with Crippen molar-refractivity contribution in [3.8, 4) is 0 Å². The van der Waals surface area contributed by atoms with E-state index in [9.17, 15) is 9.59 Å². The zero-order valence-corrected chi connectivity index (χ0v) is 16.2. The van der Waals surface area contributed by atoms with Crippen molar-refractivity contribution in [1.82, 2.24) is 0 Å². The molecule has 1 heterocycles. The molecule has 0 fully saturated rings. The van der Waals surface area contributed by atoms with E-state index in [1.807, 2.05) is 13.8 Å². The Morgan fingerprint density at radius 1 is 1.31 bits per heavy atom. The third-order valence-corrected chi connectivity index (χ3v) is 5.49. The molecule has 1 aromatic rings. The van der Waals surface area contributed by atoms with Gasteiger partial charge in [-0.05, 0) is 17.0 Å². The Morgan fingerprint density at radius 2 is 2.00 bits per heavy atom. The van der Waals surface area contributed by atoms with Crippen LogP contribution in [0.25, 0.3) is 0 Å². The fourth-order valence-corrected chi connectivity index (χ4v) is 3.96. The molecular formula is C19H19Cl2NO4. The number of esters is 1. The molecule has 2 N–H and O–H groups in total. The number of ketones is 1. The number of ether oxygens (including phenoxy) is 2. The second-order valence-corrected chi connectivity index (χ2v) is 8.01. The van der Waals surface area contributed by atoms with Crippen molar-refractivity contribution in [2.75, 3.05) is 7.11 Å². The van der Waals surface area contributed by atoms with Gasteiger partial charge in [-0.3, -0.25) is 4.79 Å². The van der Waals surface area contributed by atoms with Crippen molar-refractivity contribution < 1.29 is 19.1 Å². The highest BCUT2D eigenvalue weighted by molar-refractivity contribution is 6.42. The van der Waals surface area contributed by atoms with Gasteiger partial charge in [0.2, 0.25) is 5.88 Å². The second kappa shape index (κ2) is 6.63. The molecule has 0 radical (unpaired) electrons. The van der Waals surface area contributed by atoms with Crippen LogP contribution in [0.15, 0.2) is 41.0 Å². The van der Waals surface area contributed by atoms with Crippen molar-refractivity contribution in [2.24, 2.45) is 11.1 Å². The number of benzene rings is 1. The van der Waals surface area contributed by atoms with Crippen molar-refractivity contribution in [1.29, 1.82) is 0 Å². The molecule has 1 aliphatic carbocycles. The summed E-state index contributed by atoms with van der Waals surface area (Å²) in [6, 6.07) is 5.07. The van der Waals surface area contributed by atoms with Gasteiger partial charge in [0.1, 0.15) is 11.3 Å². The maximum Gasteiger partial charge on any atom is 0.340 e. The molecule has 5 nitrogen and oxygen atoms in total. The number of hydrogen-bond donors (Lipinski definition) is 1. The standard InChI is InChI=1S/C19H19Cl2NO4/c1-19(2)7-11(23)14-12(8-19)26-17(22)15(18(24)25-3)13(14)9-5-4-6-10(20)16(9)21/h4-6,13H,7-8,22H2,1-3H3. The number of Topliss-reactive ketones (excluding diaryl/α,β-unsaturated/α-hetero) is 1. The summed E-state index contributed by atoms with van der Waals surface area (Å²) in [5.41, 5.74) is 6.76. The molecular weight excluding hydrogens is 377 g/mol. The lowest BCUT2D eigenvalue weighted by Crippen LogP contribution is -2.35. The van der Waals surface area contributed by atoms with Gasteiger partial charge in [0.15, 0.2) is 5.78 Å². The summed E-state index contributed by atoms with van der Waals surface area (Å²) in [5.74, 6) is -1.17. The van der Waals surface area contributed by atoms with Crippen LogP contribution in [0.3, 0.4) is 0 Å².